The molecule has 0 bridgehead atoms. The van der Waals surface area contributed by atoms with Gasteiger partial charge >= 0.3 is 6.09 Å². The van der Waals surface area contributed by atoms with Gasteiger partial charge in [0.2, 0.25) is 11.8 Å². The second-order valence-electron chi connectivity index (χ2n) is 12.8. The highest BCUT2D eigenvalue weighted by Gasteiger charge is 2.41. The van der Waals surface area contributed by atoms with Gasteiger partial charge in [-0.25, -0.2) is 4.79 Å². The Kier molecular flexibility index (Phi) is 12.1. The minimum absolute atomic E-state index is 0.00338. The molecule has 4 unspecified atom stereocenters. The SMILES string of the molecule is CCC(C)C(NC(=O)OC(C)(C)C)C(=O)N(C(C)CCC(C)C)C(C(=O)NC(C)(C)C)c1cccc(O)c1. The van der Waals surface area contributed by atoms with Crippen LogP contribution in [0.5, 0.6) is 5.75 Å². The molecule has 0 heterocycles. The summed E-state index contributed by atoms with van der Waals surface area (Å²) in [5, 5.41) is 16.1. The third-order valence-electron chi connectivity index (χ3n) is 6.25. The van der Waals surface area contributed by atoms with Crippen molar-refractivity contribution in [3.05, 3.63) is 29.8 Å². The van der Waals surface area contributed by atoms with E-state index in [1.165, 1.54) is 12.1 Å². The summed E-state index contributed by atoms with van der Waals surface area (Å²) in [6.07, 6.45) is 1.47. The zero-order valence-corrected chi connectivity index (χ0v) is 25.3. The van der Waals surface area contributed by atoms with E-state index in [0.29, 0.717) is 24.3 Å². The van der Waals surface area contributed by atoms with Crippen molar-refractivity contribution in [2.75, 3.05) is 0 Å². The quantitative estimate of drug-likeness (QED) is 0.326. The normalized spacial score (nSPS) is 15.3. The molecule has 216 valence electrons. The van der Waals surface area contributed by atoms with Gasteiger partial charge < -0.3 is 25.4 Å². The molecule has 0 aliphatic heterocycles. The molecule has 1 aromatic rings. The van der Waals surface area contributed by atoms with Gasteiger partial charge in [0, 0.05) is 11.6 Å². The third-order valence-corrected chi connectivity index (χ3v) is 6.25. The summed E-state index contributed by atoms with van der Waals surface area (Å²) in [4.78, 5) is 42.6. The van der Waals surface area contributed by atoms with Gasteiger partial charge in [-0.3, -0.25) is 9.59 Å². The Balaban J connectivity index is 3.69. The maximum atomic E-state index is 14.4. The van der Waals surface area contributed by atoms with E-state index in [2.05, 4.69) is 24.5 Å². The van der Waals surface area contributed by atoms with Crippen molar-refractivity contribution in [2.45, 2.75) is 125 Å². The molecule has 8 heteroatoms. The van der Waals surface area contributed by atoms with Crippen LogP contribution in [0, 0.1) is 11.8 Å². The predicted molar refractivity (Wildman–Crippen MR) is 152 cm³/mol. The summed E-state index contributed by atoms with van der Waals surface area (Å²) < 4.78 is 5.47. The number of rotatable bonds is 11. The van der Waals surface area contributed by atoms with Gasteiger partial charge in [-0.05, 0) is 90.8 Å². The predicted octanol–water partition coefficient (Wildman–Crippen LogP) is 5.94. The van der Waals surface area contributed by atoms with Crippen LogP contribution in [0.25, 0.3) is 0 Å². The van der Waals surface area contributed by atoms with Crippen LogP contribution < -0.4 is 10.6 Å². The van der Waals surface area contributed by atoms with E-state index in [1.54, 1.807) is 37.8 Å². The second-order valence-corrected chi connectivity index (χ2v) is 12.8. The van der Waals surface area contributed by atoms with Gasteiger partial charge in [-0.2, -0.15) is 0 Å². The first kappa shape index (κ1) is 33.3. The molecule has 0 radical (unpaired) electrons. The number of hydrogen-bond acceptors (Lipinski definition) is 5. The van der Waals surface area contributed by atoms with E-state index < -0.39 is 29.3 Å². The number of nitrogens with one attached hydrogen (secondary N) is 2. The number of aromatic hydroxyl groups is 1. The Morgan fingerprint density at radius 2 is 1.61 bits per heavy atom. The molecule has 0 fully saturated rings. The topological polar surface area (TPSA) is 108 Å². The average molecular weight is 534 g/mol. The highest BCUT2D eigenvalue weighted by atomic mass is 16.6. The van der Waals surface area contributed by atoms with Crippen molar-refractivity contribution in [1.82, 2.24) is 15.5 Å². The second kappa shape index (κ2) is 13.9. The van der Waals surface area contributed by atoms with Crippen molar-refractivity contribution < 1.29 is 24.2 Å². The van der Waals surface area contributed by atoms with E-state index in [4.69, 9.17) is 4.74 Å². The van der Waals surface area contributed by atoms with Crippen LogP contribution in [0.3, 0.4) is 0 Å². The number of nitrogens with zero attached hydrogens (tertiary/aromatic N) is 1. The highest BCUT2D eigenvalue weighted by molar-refractivity contribution is 5.92. The summed E-state index contributed by atoms with van der Waals surface area (Å²) in [6, 6.07) is 4.21. The van der Waals surface area contributed by atoms with Gasteiger partial charge in [0.15, 0.2) is 0 Å². The van der Waals surface area contributed by atoms with Crippen LogP contribution in [-0.2, 0) is 14.3 Å². The Morgan fingerprint density at radius 3 is 2.08 bits per heavy atom. The molecule has 38 heavy (non-hydrogen) atoms. The Morgan fingerprint density at radius 1 is 1.00 bits per heavy atom. The number of carbonyl (C=O) groups excluding carboxylic acids is 3. The molecule has 0 saturated carbocycles. The molecular weight excluding hydrogens is 482 g/mol. The van der Waals surface area contributed by atoms with Crippen LogP contribution in [0.15, 0.2) is 24.3 Å². The number of phenolic OH excluding ortho intramolecular Hbond substituents is 1. The minimum atomic E-state index is -1.01. The van der Waals surface area contributed by atoms with Gasteiger partial charge in [-0.15, -0.1) is 0 Å². The van der Waals surface area contributed by atoms with Crippen molar-refractivity contribution in [1.29, 1.82) is 0 Å². The Labute approximate surface area is 229 Å². The number of alkyl carbamates (subject to hydrolysis) is 1. The van der Waals surface area contributed by atoms with E-state index in [1.807, 2.05) is 41.5 Å². The first-order chi connectivity index (χ1) is 17.4. The van der Waals surface area contributed by atoms with Gasteiger partial charge in [0.05, 0.1) is 0 Å². The number of amides is 3. The molecule has 0 aliphatic rings. The number of benzene rings is 1. The summed E-state index contributed by atoms with van der Waals surface area (Å²) >= 11 is 0. The number of ether oxygens (including phenoxy) is 1. The van der Waals surface area contributed by atoms with Crippen LogP contribution in [0.2, 0.25) is 0 Å². The number of hydrogen-bond donors (Lipinski definition) is 3. The molecule has 1 aromatic carbocycles. The lowest BCUT2D eigenvalue weighted by Gasteiger charge is -2.40. The molecule has 1 rings (SSSR count). The smallest absolute Gasteiger partial charge is 0.408 e. The maximum absolute atomic E-state index is 14.4. The highest BCUT2D eigenvalue weighted by Crippen LogP contribution is 2.31. The molecule has 8 nitrogen and oxygen atoms in total. The van der Waals surface area contributed by atoms with Gasteiger partial charge in [-0.1, -0.05) is 46.2 Å². The van der Waals surface area contributed by atoms with Crippen molar-refractivity contribution in [3.63, 3.8) is 0 Å². The monoisotopic (exact) mass is 533 g/mol. The minimum Gasteiger partial charge on any atom is -0.508 e. The fraction of sp³-hybridized carbons (Fsp3) is 0.700. The zero-order chi connectivity index (χ0) is 29.4. The third kappa shape index (κ3) is 10.9. The fourth-order valence-corrected chi connectivity index (χ4v) is 4.16. The van der Waals surface area contributed by atoms with E-state index in [0.717, 1.165) is 6.42 Å². The van der Waals surface area contributed by atoms with Crippen LogP contribution in [0.1, 0.15) is 107 Å². The van der Waals surface area contributed by atoms with E-state index >= 15 is 0 Å². The Bertz CT molecular complexity index is 933. The Hall–Kier alpha value is -2.77. The summed E-state index contributed by atoms with van der Waals surface area (Å²) in [7, 11) is 0. The summed E-state index contributed by atoms with van der Waals surface area (Å²) in [5.74, 6) is -0.525. The lowest BCUT2D eigenvalue weighted by atomic mass is 9.93. The van der Waals surface area contributed by atoms with Crippen LogP contribution in [-0.4, -0.2) is 51.1 Å². The van der Waals surface area contributed by atoms with Crippen LogP contribution in [0.4, 0.5) is 4.79 Å². The lowest BCUT2D eigenvalue weighted by Crippen LogP contribution is -2.58. The average Bonchev–Trinajstić information content (AvgIpc) is 2.75. The van der Waals surface area contributed by atoms with E-state index in [-0.39, 0.29) is 29.5 Å². The van der Waals surface area contributed by atoms with Crippen molar-refractivity contribution >= 4 is 17.9 Å². The summed E-state index contributed by atoms with van der Waals surface area (Å²) in [6.45, 7) is 20.9. The molecule has 3 amide bonds. The standard InChI is InChI=1S/C30H51N3O5/c1-12-20(4)24(31-28(37)38-30(9,10)11)27(36)33(21(5)17-16-19(2)3)25(26(35)32-29(6,7)8)22-14-13-15-23(34)18-22/h13-15,18-21,24-25,34H,12,16-17H2,1-11H3,(H,31,37)(H,32,35). The molecule has 3 N–H and O–H groups in total. The fourth-order valence-electron chi connectivity index (χ4n) is 4.16. The maximum Gasteiger partial charge on any atom is 0.408 e. The number of carbonyl (C=O) groups is 3. The molecule has 0 spiro atoms. The molecule has 0 aromatic heterocycles. The largest absolute Gasteiger partial charge is 0.508 e. The first-order valence-electron chi connectivity index (χ1n) is 13.8. The first-order valence-corrected chi connectivity index (χ1v) is 13.8. The zero-order valence-electron chi connectivity index (χ0n) is 25.3. The van der Waals surface area contributed by atoms with E-state index in [9.17, 15) is 19.5 Å². The molecular formula is C30H51N3O5. The van der Waals surface area contributed by atoms with Gasteiger partial charge in [0.1, 0.15) is 23.4 Å². The summed E-state index contributed by atoms with van der Waals surface area (Å²) in [5.41, 5.74) is -0.780. The van der Waals surface area contributed by atoms with Crippen LogP contribution >= 0.6 is 0 Å². The van der Waals surface area contributed by atoms with Crippen molar-refractivity contribution in [2.24, 2.45) is 11.8 Å². The molecule has 0 aliphatic carbocycles. The van der Waals surface area contributed by atoms with Crippen molar-refractivity contribution in [3.8, 4) is 5.75 Å². The van der Waals surface area contributed by atoms with Gasteiger partial charge in [0.25, 0.3) is 0 Å². The molecule has 0 saturated heterocycles. The number of phenols is 1. The lowest BCUT2D eigenvalue weighted by molar-refractivity contribution is -0.146. The molecule has 4 atom stereocenters.